The van der Waals surface area contributed by atoms with Gasteiger partial charge in [0.1, 0.15) is 17.5 Å². The lowest BCUT2D eigenvalue weighted by molar-refractivity contribution is -0.384. The van der Waals surface area contributed by atoms with E-state index in [4.69, 9.17) is 5.41 Å². The molecule has 0 radical (unpaired) electrons. The molecule has 3 rings (SSSR count). The van der Waals surface area contributed by atoms with Crippen LogP contribution in [0.3, 0.4) is 0 Å². The van der Waals surface area contributed by atoms with E-state index >= 15 is 0 Å². The van der Waals surface area contributed by atoms with Gasteiger partial charge in [0.2, 0.25) is 0 Å². The predicted molar refractivity (Wildman–Crippen MR) is 130 cm³/mol. The molecule has 0 fully saturated rings. The normalized spacial score (nSPS) is 14.0. The number of fused-ring (bicyclic) bond motifs is 1. The molecule has 190 valence electrons. The molecule has 0 spiro atoms. The van der Waals surface area contributed by atoms with Crippen molar-refractivity contribution in [2.75, 3.05) is 18.4 Å². The molecule has 1 aliphatic heterocycles. The molecule has 1 aromatic carbocycles. The van der Waals surface area contributed by atoms with Gasteiger partial charge in [0.05, 0.1) is 16.2 Å². The first-order chi connectivity index (χ1) is 16.5. The highest BCUT2D eigenvalue weighted by atomic mass is 19.4. The second-order valence-corrected chi connectivity index (χ2v) is 7.98. The molecule has 11 heteroatoms. The van der Waals surface area contributed by atoms with Gasteiger partial charge in [-0.1, -0.05) is 33.8 Å². The number of hydrogen-bond donors (Lipinski definition) is 2. The Kier molecular flexibility index (Phi) is 9.32. The Labute approximate surface area is 202 Å². The Morgan fingerprint density at radius 2 is 1.77 bits per heavy atom. The van der Waals surface area contributed by atoms with Crippen LogP contribution in [0.5, 0.6) is 0 Å². The zero-order valence-corrected chi connectivity index (χ0v) is 20.5. The van der Waals surface area contributed by atoms with Crippen molar-refractivity contribution in [2.24, 2.45) is 0 Å². The Balaban J connectivity index is 0.00000210. The first-order valence-electron chi connectivity index (χ1n) is 11.5. The molecule has 0 saturated carbocycles. The first-order valence-corrected chi connectivity index (χ1v) is 11.5. The lowest BCUT2D eigenvalue weighted by Gasteiger charge is -2.25. The van der Waals surface area contributed by atoms with Gasteiger partial charge in [0, 0.05) is 48.8 Å². The van der Waals surface area contributed by atoms with Crippen LogP contribution < -0.4 is 5.32 Å². The summed E-state index contributed by atoms with van der Waals surface area (Å²) in [6.45, 7) is 9.59. The highest BCUT2D eigenvalue weighted by Gasteiger charge is 2.38. The standard InChI is InChI=1S/C22H25F3N6O2.C2H6/c1-4-17(22(23,24)25)19(26)30-11-9-16-18(10-12-30)28-20(13(2)3)29-21(16)27-14-5-7-15(8-6-14)31(32)33;1-2/h4-8,13,26H,9-12H2,1-3H3,(H,27,28,29);1-2H3/b17-4+,26-19?;. The third-order valence-electron chi connectivity index (χ3n) is 5.38. The molecule has 0 atom stereocenters. The maximum atomic E-state index is 13.3. The summed E-state index contributed by atoms with van der Waals surface area (Å²) in [6.07, 6.45) is -2.97. The van der Waals surface area contributed by atoms with Gasteiger partial charge in [-0.05, 0) is 25.5 Å². The Hall–Kier alpha value is -3.50. The van der Waals surface area contributed by atoms with Gasteiger partial charge in [-0.3, -0.25) is 15.5 Å². The van der Waals surface area contributed by atoms with Crippen LogP contribution in [0.4, 0.5) is 30.4 Å². The lowest BCUT2D eigenvalue weighted by Crippen LogP contribution is -2.37. The highest BCUT2D eigenvalue weighted by molar-refractivity contribution is 5.97. The number of amidine groups is 1. The lowest BCUT2D eigenvalue weighted by atomic mass is 10.1. The second kappa shape index (κ2) is 11.8. The van der Waals surface area contributed by atoms with Gasteiger partial charge in [-0.2, -0.15) is 13.2 Å². The Bertz CT molecular complexity index is 1080. The summed E-state index contributed by atoms with van der Waals surface area (Å²) in [5, 5.41) is 22.2. The number of halogens is 3. The summed E-state index contributed by atoms with van der Waals surface area (Å²) in [5.74, 6) is 0.573. The zero-order valence-electron chi connectivity index (χ0n) is 20.5. The molecular formula is C24H31F3N6O2. The number of hydrogen-bond acceptors (Lipinski definition) is 6. The van der Waals surface area contributed by atoms with Crippen LogP contribution in [0.25, 0.3) is 0 Å². The van der Waals surface area contributed by atoms with Gasteiger partial charge in [0.15, 0.2) is 0 Å². The van der Waals surface area contributed by atoms with E-state index in [2.05, 4.69) is 15.3 Å². The van der Waals surface area contributed by atoms with Crippen molar-refractivity contribution in [1.82, 2.24) is 14.9 Å². The van der Waals surface area contributed by atoms with Crippen LogP contribution >= 0.6 is 0 Å². The number of allylic oxidation sites excluding steroid dienone is 1. The van der Waals surface area contributed by atoms with Crippen LogP contribution in [0.1, 0.15) is 57.6 Å². The molecule has 8 nitrogen and oxygen atoms in total. The fraction of sp³-hybridized carbons (Fsp3) is 0.458. The number of aromatic nitrogens is 2. The van der Waals surface area contributed by atoms with Crippen molar-refractivity contribution in [3.63, 3.8) is 0 Å². The fourth-order valence-corrected chi connectivity index (χ4v) is 3.61. The van der Waals surface area contributed by atoms with Crippen molar-refractivity contribution in [3.8, 4) is 0 Å². The SMILES string of the molecule is C/C=C(\C(=N)N1CCc2nc(C(C)C)nc(Nc3ccc([N+](=O)[O-])cc3)c2CC1)C(F)(F)F.CC. The van der Waals surface area contributed by atoms with E-state index in [1.54, 1.807) is 12.1 Å². The van der Waals surface area contributed by atoms with E-state index in [1.807, 2.05) is 27.7 Å². The average molecular weight is 493 g/mol. The van der Waals surface area contributed by atoms with E-state index < -0.39 is 22.5 Å². The van der Waals surface area contributed by atoms with Crippen molar-refractivity contribution >= 4 is 23.0 Å². The quantitative estimate of drug-likeness (QED) is 0.224. The maximum absolute atomic E-state index is 13.3. The molecule has 1 aliphatic rings. The number of rotatable bonds is 5. The molecule has 2 N–H and O–H groups in total. The summed E-state index contributed by atoms with van der Waals surface area (Å²) >= 11 is 0. The number of non-ortho nitro benzene ring substituents is 1. The van der Waals surface area contributed by atoms with Crippen LogP contribution in [-0.2, 0) is 12.8 Å². The molecule has 2 aromatic rings. The zero-order chi connectivity index (χ0) is 26.3. The molecule has 35 heavy (non-hydrogen) atoms. The van der Waals surface area contributed by atoms with E-state index in [0.29, 0.717) is 30.2 Å². The van der Waals surface area contributed by atoms with Crippen molar-refractivity contribution in [1.29, 1.82) is 5.41 Å². The van der Waals surface area contributed by atoms with E-state index in [1.165, 1.54) is 24.0 Å². The van der Waals surface area contributed by atoms with Crippen molar-refractivity contribution in [2.45, 2.75) is 59.6 Å². The summed E-state index contributed by atoms with van der Waals surface area (Å²) in [6, 6.07) is 5.90. The number of anilines is 2. The molecule has 0 unspecified atom stereocenters. The Morgan fingerprint density at radius 3 is 2.29 bits per heavy atom. The van der Waals surface area contributed by atoms with Gasteiger partial charge in [-0.15, -0.1) is 0 Å². The van der Waals surface area contributed by atoms with E-state index in [-0.39, 0.29) is 24.7 Å². The van der Waals surface area contributed by atoms with Gasteiger partial charge < -0.3 is 10.2 Å². The topological polar surface area (TPSA) is 108 Å². The Morgan fingerprint density at radius 1 is 1.17 bits per heavy atom. The van der Waals surface area contributed by atoms with Gasteiger partial charge in [0.25, 0.3) is 5.69 Å². The fourth-order valence-electron chi connectivity index (χ4n) is 3.61. The third-order valence-corrected chi connectivity index (χ3v) is 5.38. The highest BCUT2D eigenvalue weighted by Crippen LogP contribution is 2.30. The summed E-state index contributed by atoms with van der Waals surface area (Å²) in [7, 11) is 0. The minimum absolute atomic E-state index is 0.0187. The van der Waals surface area contributed by atoms with Crippen molar-refractivity contribution in [3.05, 3.63) is 63.1 Å². The van der Waals surface area contributed by atoms with E-state index in [0.717, 1.165) is 17.3 Å². The predicted octanol–water partition coefficient (Wildman–Crippen LogP) is 6.16. The summed E-state index contributed by atoms with van der Waals surface area (Å²) in [5.41, 5.74) is 1.08. The van der Waals surface area contributed by atoms with Crippen LogP contribution in [0.15, 0.2) is 35.9 Å². The molecular weight excluding hydrogens is 461 g/mol. The molecule has 0 saturated heterocycles. The number of nitrogens with zero attached hydrogens (tertiary/aromatic N) is 4. The molecule has 0 amide bonds. The first kappa shape index (κ1) is 27.7. The monoisotopic (exact) mass is 492 g/mol. The molecule has 0 bridgehead atoms. The number of nitrogens with one attached hydrogen (secondary N) is 2. The summed E-state index contributed by atoms with van der Waals surface area (Å²) in [4.78, 5) is 21.1. The smallest absolute Gasteiger partial charge is 0.356 e. The second-order valence-electron chi connectivity index (χ2n) is 7.98. The third kappa shape index (κ3) is 6.77. The molecule has 2 heterocycles. The maximum Gasteiger partial charge on any atom is 0.419 e. The minimum atomic E-state index is -4.60. The number of nitro groups is 1. The largest absolute Gasteiger partial charge is 0.419 e. The van der Waals surface area contributed by atoms with Crippen molar-refractivity contribution < 1.29 is 18.1 Å². The molecule has 0 aliphatic carbocycles. The summed E-state index contributed by atoms with van der Waals surface area (Å²) < 4.78 is 39.9. The van der Waals surface area contributed by atoms with E-state index in [9.17, 15) is 23.3 Å². The van der Waals surface area contributed by atoms with Crippen LogP contribution in [-0.4, -0.2) is 44.9 Å². The van der Waals surface area contributed by atoms with Gasteiger partial charge in [-0.25, -0.2) is 9.97 Å². The number of benzene rings is 1. The van der Waals surface area contributed by atoms with Crippen LogP contribution in [0, 0.1) is 15.5 Å². The number of alkyl halides is 3. The van der Waals surface area contributed by atoms with Gasteiger partial charge >= 0.3 is 6.18 Å². The minimum Gasteiger partial charge on any atom is -0.356 e. The average Bonchev–Trinajstić information content (AvgIpc) is 3.03. The van der Waals surface area contributed by atoms with Crippen LogP contribution in [0.2, 0.25) is 0 Å². The molecule has 1 aromatic heterocycles. The number of nitro benzene ring substituents is 1.